The summed E-state index contributed by atoms with van der Waals surface area (Å²) in [4.78, 5) is 45.6. The lowest BCUT2D eigenvalue weighted by atomic mass is 10.1. The Kier molecular flexibility index (Phi) is 7.33. The minimum absolute atomic E-state index is 0.157. The van der Waals surface area contributed by atoms with Gasteiger partial charge in [0.2, 0.25) is 5.91 Å². The first-order chi connectivity index (χ1) is 17.3. The molecule has 4 aromatic rings. The number of aromatic amines is 1. The first kappa shape index (κ1) is 24.9. The highest BCUT2D eigenvalue weighted by atomic mass is 19.1. The molecule has 0 spiro atoms. The van der Waals surface area contributed by atoms with Gasteiger partial charge in [-0.3, -0.25) is 18.7 Å². The molecule has 188 valence electrons. The van der Waals surface area contributed by atoms with Gasteiger partial charge in [0, 0.05) is 31.1 Å². The maximum atomic E-state index is 14.5. The van der Waals surface area contributed by atoms with Crippen LogP contribution in [-0.2, 0) is 24.3 Å². The topological polar surface area (TPSA) is 111 Å². The van der Waals surface area contributed by atoms with Crippen LogP contribution in [0.5, 0.6) is 5.75 Å². The fourth-order valence-electron chi connectivity index (χ4n) is 4.03. The number of aryl methyl sites for hydroxylation is 1. The maximum Gasteiger partial charge on any atom is 0.333 e. The van der Waals surface area contributed by atoms with E-state index >= 15 is 0 Å². The molecule has 0 aliphatic rings. The van der Waals surface area contributed by atoms with Crippen LogP contribution in [-0.4, -0.2) is 32.1 Å². The molecule has 0 saturated carbocycles. The number of amides is 1. The molecule has 2 N–H and O–H groups in total. The van der Waals surface area contributed by atoms with Crippen molar-refractivity contribution < 1.29 is 13.9 Å². The second-order valence-electron chi connectivity index (χ2n) is 8.57. The van der Waals surface area contributed by atoms with E-state index in [0.717, 1.165) is 16.6 Å². The van der Waals surface area contributed by atoms with Gasteiger partial charge in [-0.2, -0.15) is 0 Å². The zero-order valence-electron chi connectivity index (χ0n) is 20.4. The number of H-pyrrole nitrogens is 1. The summed E-state index contributed by atoms with van der Waals surface area (Å²) in [6.45, 7) is 3.59. The Balaban J connectivity index is 1.75. The van der Waals surface area contributed by atoms with Crippen molar-refractivity contribution in [1.29, 1.82) is 0 Å². The third-order valence-electron chi connectivity index (χ3n) is 5.87. The number of ether oxygens (including phenoxy) is 1. The average molecular weight is 494 g/mol. The molecule has 36 heavy (non-hydrogen) atoms. The van der Waals surface area contributed by atoms with Crippen LogP contribution < -0.4 is 21.3 Å². The number of fused-ring (bicyclic) bond motifs is 1. The van der Waals surface area contributed by atoms with Crippen molar-refractivity contribution in [2.24, 2.45) is 0 Å². The number of imidazole rings is 1. The van der Waals surface area contributed by atoms with E-state index in [2.05, 4.69) is 15.3 Å². The molecule has 2 aromatic carbocycles. The summed E-state index contributed by atoms with van der Waals surface area (Å²) in [5, 5.41) is 2.72. The fourth-order valence-corrected chi connectivity index (χ4v) is 4.03. The average Bonchev–Trinajstić information content (AvgIpc) is 3.27. The van der Waals surface area contributed by atoms with Crippen LogP contribution in [0.3, 0.4) is 0 Å². The summed E-state index contributed by atoms with van der Waals surface area (Å²) >= 11 is 0. The van der Waals surface area contributed by atoms with Crippen molar-refractivity contribution in [3.63, 3.8) is 0 Å². The summed E-state index contributed by atoms with van der Waals surface area (Å²) in [5.74, 6) is 0.259. The zero-order valence-corrected chi connectivity index (χ0v) is 20.4. The van der Waals surface area contributed by atoms with E-state index in [1.807, 2.05) is 19.1 Å². The molecule has 4 rings (SSSR count). The van der Waals surface area contributed by atoms with E-state index in [-0.39, 0.29) is 29.2 Å². The molecule has 2 heterocycles. The first-order valence-corrected chi connectivity index (χ1v) is 11.7. The van der Waals surface area contributed by atoms with Crippen molar-refractivity contribution in [2.75, 3.05) is 12.4 Å². The molecule has 0 saturated heterocycles. The molecule has 0 aliphatic heterocycles. The Hall–Kier alpha value is -4.21. The molecule has 0 aliphatic carbocycles. The van der Waals surface area contributed by atoms with Gasteiger partial charge >= 0.3 is 5.69 Å². The number of nitrogens with one attached hydrogen (secondary N) is 2. The van der Waals surface area contributed by atoms with E-state index in [1.54, 1.807) is 12.1 Å². The Labute approximate surface area is 206 Å². The highest BCUT2D eigenvalue weighted by Crippen LogP contribution is 2.18. The number of carbonyl (C=O) groups excluding carboxylic acids is 1. The van der Waals surface area contributed by atoms with Gasteiger partial charge in [0.15, 0.2) is 5.65 Å². The van der Waals surface area contributed by atoms with E-state index < -0.39 is 17.1 Å². The molecule has 1 amide bonds. The monoisotopic (exact) mass is 493 g/mol. The normalized spacial score (nSPS) is 11.1. The number of rotatable bonds is 9. The maximum absolute atomic E-state index is 14.5. The molecule has 0 fully saturated rings. The number of carbonyl (C=O) groups is 1. The summed E-state index contributed by atoms with van der Waals surface area (Å²) < 4.78 is 22.2. The van der Waals surface area contributed by atoms with Crippen LogP contribution in [0.4, 0.5) is 10.1 Å². The standard InChI is InChI=1S/C26H28FN5O4/c1-4-5-12-31-24-23(29-22(30-24)13-17-6-8-19(9-7-17)28-16(2)33)25(34)32(26(31)35)15-18-14-20(36-3)10-11-21(18)27/h6-11,14H,4-5,12-13,15H2,1-3H3,(H,28,33)(H,29,30). The summed E-state index contributed by atoms with van der Waals surface area (Å²) in [6, 6.07) is 11.5. The van der Waals surface area contributed by atoms with Crippen molar-refractivity contribution >= 4 is 22.8 Å². The summed E-state index contributed by atoms with van der Waals surface area (Å²) in [6.07, 6.45) is 1.95. The van der Waals surface area contributed by atoms with E-state index in [0.29, 0.717) is 36.6 Å². The van der Waals surface area contributed by atoms with Crippen LogP contribution in [0, 0.1) is 5.82 Å². The minimum Gasteiger partial charge on any atom is -0.497 e. The highest BCUT2D eigenvalue weighted by molar-refractivity contribution is 5.88. The van der Waals surface area contributed by atoms with Gasteiger partial charge < -0.3 is 15.0 Å². The smallest absolute Gasteiger partial charge is 0.333 e. The lowest BCUT2D eigenvalue weighted by Gasteiger charge is -2.12. The lowest BCUT2D eigenvalue weighted by molar-refractivity contribution is -0.114. The summed E-state index contributed by atoms with van der Waals surface area (Å²) in [5.41, 5.74) is 1.13. The molecule has 2 aromatic heterocycles. The van der Waals surface area contributed by atoms with Crippen molar-refractivity contribution in [2.45, 2.75) is 46.2 Å². The van der Waals surface area contributed by atoms with E-state index in [4.69, 9.17) is 4.74 Å². The minimum atomic E-state index is -0.565. The molecule has 0 unspecified atom stereocenters. The SMILES string of the molecule is CCCCn1c(=O)n(Cc2cc(OC)ccc2F)c(=O)c2[nH]c(Cc3ccc(NC(C)=O)cc3)nc21. The number of anilines is 1. The third kappa shape index (κ3) is 5.22. The molecular formula is C26H28FN5O4. The molecule has 10 heteroatoms. The third-order valence-corrected chi connectivity index (χ3v) is 5.87. The van der Waals surface area contributed by atoms with Crippen LogP contribution in [0.15, 0.2) is 52.1 Å². The van der Waals surface area contributed by atoms with Crippen LogP contribution in [0.1, 0.15) is 43.6 Å². The Morgan fingerprint density at radius 3 is 2.56 bits per heavy atom. The Morgan fingerprint density at radius 2 is 1.89 bits per heavy atom. The zero-order chi connectivity index (χ0) is 25.8. The number of halogens is 1. The first-order valence-electron chi connectivity index (χ1n) is 11.7. The van der Waals surface area contributed by atoms with E-state index in [9.17, 15) is 18.8 Å². The number of nitrogens with zero attached hydrogens (tertiary/aromatic N) is 3. The lowest BCUT2D eigenvalue weighted by Crippen LogP contribution is -2.40. The van der Waals surface area contributed by atoms with Crippen molar-refractivity contribution in [3.8, 4) is 5.75 Å². The molecule has 0 radical (unpaired) electrons. The van der Waals surface area contributed by atoms with Gasteiger partial charge in [0.05, 0.1) is 13.7 Å². The highest BCUT2D eigenvalue weighted by Gasteiger charge is 2.19. The largest absolute Gasteiger partial charge is 0.497 e. The molecular weight excluding hydrogens is 465 g/mol. The van der Waals surface area contributed by atoms with Gasteiger partial charge in [-0.25, -0.2) is 14.2 Å². The number of aromatic nitrogens is 4. The number of unbranched alkanes of at least 4 members (excludes halogenated alkanes) is 1. The van der Waals surface area contributed by atoms with E-state index in [1.165, 1.54) is 36.8 Å². The van der Waals surface area contributed by atoms with Crippen LogP contribution >= 0.6 is 0 Å². The molecule has 0 atom stereocenters. The summed E-state index contributed by atoms with van der Waals surface area (Å²) in [7, 11) is 1.46. The molecule has 0 bridgehead atoms. The quantitative estimate of drug-likeness (QED) is 0.371. The fraction of sp³-hybridized carbons (Fsp3) is 0.308. The second-order valence-corrected chi connectivity index (χ2v) is 8.57. The number of benzene rings is 2. The predicted molar refractivity (Wildman–Crippen MR) is 135 cm³/mol. The number of hydrogen-bond donors (Lipinski definition) is 2. The van der Waals surface area contributed by atoms with Gasteiger partial charge in [-0.05, 0) is 42.3 Å². The predicted octanol–water partition coefficient (Wildman–Crippen LogP) is 3.43. The van der Waals surface area contributed by atoms with Gasteiger partial charge in [-0.1, -0.05) is 25.5 Å². The van der Waals surface area contributed by atoms with Crippen LogP contribution in [0.2, 0.25) is 0 Å². The van der Waals surface area contributed by atoms with Gasteiger partial charge in [-0.15, -0.1) is 0 Å². The number of methoxy groups -OCH3 is 1. The van der Waals surface area contributed by atoms with Crippen molar-refractivity contribution in [3.05, 3.63) is 86.1 Å². The van der Waals surface area contributed by atoms with Crippen molar-refractivity contribution in [1.82, 2.24) is 19.1 Å². The Morgan fingerprint density at radius 1 is 1.14 bits per heavy atom. The Bertz CT molecular complexity index is 1520. The molecule has 9 nitrogen and oxygen atoms in total. The van der Waals surface area contributed by atoms with Gasteiger partial charge in [0.1, 0.15) is 22.9 Å². The number of hydrogen-bond acceptors (Lipinski definition) is 5. The van der Waals surface area contributed by atoms with Gasteiger partial charge in [0.25, 0.3) is 5.56 Å². The van der Waals surface area contributed by atoms with Crippen LogP contribution in [0.25, 0.3) is 11.2 Å². The second kappa shape index (κ2) is 10.6.